The van der Waals surface area contributed by atoms with Gasteiger partial charge in [0.05, 0.1) is 18.5 Å². The summed E-state index contributed by atoms with van der Waals surface area (Å²) in [6.45, 7) is 0. The predicted molar refractivity (Wildman–Crippen MR) is 65.8 cm³/mol. The van der Waals surface area contributed by atoms with E-state index in [0.717, 1.165) is 0 Å². The molecule has 96 valence electrons. The Balaban J connectivity index is 2.44. The van der Waals surface area contributed by atoms with E-state index >= 15 is 0 Å². The van der Waals surface area contributed by atoms with E-state index in [1.165, 1.54) is 19.2 Å². The van der Waals surface area contributed by atoms with E-state index in [0.29, 0.717) is 11.4 Å². The number of pyridine rings is 2. The molecular weight excluding hydrogens is 248 g/mol. The summed E-state index contributed by atoms with van der Waals surface area (Å²) in [7, 11) is 1.26. The van der Waals surface area contributed by atoms with Crippen LogP contribution < -0.4 is 0 Å². The van der Waals surface area contributed by atoms with E-state index < -0.39 is 11.9 Å². The highest BCUT2D eigenvalue weighted by Crippen LogP contribution is 2.15. The van der Waals surface area contributed by atoms with Crippen LogP contribution in [0.2, 0.25) is 0 Å². The second-order valence-electron chi connectivity index (χ2n) is 3.61. The predicted octanol–water partition coefficient (Wildman–Crippen LogP) is 1.63. The molecule has 0 aliphatic rings. The summed E-state index contributed by atoms with van der Waals surface area (Å²) < 4.78 is 4.57. The lowest BCUT2D eigenvalue weighted by Gasteiger charge is -2.03. The van der Waals surface area contributed by atoms with Crippen molar-refractivity contribution < 1.29 is 19.4 Å². The number of carboxylic acids is 1. The van der Waals surface area contributed by atoms with Gasteiger partial charge in [-0.2, -0.15) is 0 Å². The van der Waals surface area contributed by atoms with Crippen LogP contribution in [0.4, 0.5) is 0 Å². The number of carbonyl (C=O) groups is 2. The van der Waals surface area contributed by atoms with E-state index in [4.69, 9.17) is 5.11 Å². The summed E-state index contributed by atoms with van der Waals surface area (Å²) in [6, 6.07) is 9.35. The van der Waals surface area contributed by atoms with Gasteiger partial charge < -0.3 is 9.84 Å². The first-order valence-corrected chi connectivity index (χ1v) is 5.38. The van der Waals surface area contributed by atoms with Crippen molar-refractivity contribution in [3.63, 3.8) is 0 Å². The largest absolute Gasteiger partial charge is 0.477 e. The topological polar surface area (TPSA) is 89.4 Å². The minimum atomic E-state index is -1.12. The van der Waals surface area contributed by atoms with Crippen LogP contribution >= 0.6 is 0 Å². The van der Waals surface area contributed by atoms with Gasteiger partial charge in [-0.25, -0.2) is 19.6 Å². The Kier molecular flexibility index (Phi) is 3.51. The molecule has 0 aromatic carbocycles. The highest BCUT2D eigenvalue weighted by atomic mass is 16.5. The zero-order chi connectivity index (χ0) is 13.8. The molecule has 0 fully saturated rings. The number of hydrogen-bond donors (Lipinski definition) is 1. The van der Waals surface area contributed by atoms with Crippen LogP contribution in [0.15, 0.2) is 36.4 Å². The van der Waals surface area contributed by atoms with E-state index in [2.05, 4.69) is 14.7 Å². The van der Waals surface area contributed by atoms with E-state index in [1.807, 2.05) is 0 Å². The Morgan fingerprint density at radius 1 is 1.00 bits per heavy atom. The zero-order valence-electron chi connectivity index (χ0n) is 10.0. The van der Waals surface area contributed by atoms with Crippen molar-refractivity contribution in [1.82, 2.24) is 9.97 Å². The van der Waals surface area contributed by atoms with Gasteiger partial charge in [0.15, 0.2) is 0 Å². The molecule has 0 aliphatic heterocycles. The molecule has 0 bridgehead atoms. The van der Waals surface area contributed by atoms with Crippen molar-refractivity contribution in [2.45, 2.75) is 0 Å². The van der Waals surface area contributed by atoms with Gasteiger partial charge in [0, 0.05) is 0 Å². The van der Waals surface area contributed by atoms with Crippen molar-refractivity contribution in [2.24, 2.45) is 0 Å². The third-order valence-electron chi connectivity index (χ3n) is 2.37. The fourth-order valence-corrected chi connectivity index (χ4v) is 1.49. The molecule has 0 radical (unpaired) electrons. The van der Waals surface area contributed by atoms with Crippen molar-refractivity contribution >= 4 is 11.9 Å². The summed E-state index contributed by atoms with van der Waals surface area (Å²) in [6.07, 6.45) is 0. The third-order valence-corrected chi connectivity index (χ3v) is 2.37. The standard InChI is InChI=1S/C13H10N2O4/c1-19-13(18)11-7-3-5-9(15-11)8-4-2-6-10(14-8)12(16)17/h2-7H,1H3,(H,16,17). The first-order valence-electron chi connectivity index (χ1n) is 5.38. The van der Waals surface area contributed by atoms with Crippen LogP contribution in [-0.4, -0.2) is 34.1 Å². The van der Waals surface area contributed by atoms with Crippen LogP contribution in [-0.2, 0) is 4.74 Å². The number of aromatic nitrogens is 2. The molecule has 0 aliphatic carbocycles. The van der Waals surface area contributed by atoms with E-state index in [9.17, 15) is 9.59 Å². The number of esters is 1. The highest BCUT2D eigenvalue weighted by molar-refractivity contribution is 5.88. The maximum Gasteiger partial charge on any atom is 0.356 e. The van der Waals surface area contributed by atoms with Crippen molar-refractivity contribution in [2.75, 3.05) is 7.11 Å². The SMILES string of the molecule is COC(=O)c1cccc(-c2cccc(C(=O)O)n2)n1. The summed E-state index contributed by atoms with van der Waals surface area (Å²) >= 11 is 0. The molecule has 2 aromatic rings. The molecule has 1 N–H and O–H groups in total. The Hall–Kier alpha value is -2.76. The Morgan fingerprint density at radius 3 is 2.05 bits per heavy atom. The number of methoxy groups -OCH3 is 1. The van der Waals surface area contributed by atoms with Gasteiger partial charge in [-0.3, -0.25) is 0 Å². The average molecular weight is 258 g/mol. The van der Waals surface area contributed by atoms with Crippen molar-refractivity contribution in [3.8, 4) is 11.4 Å². The van der Waals surface area contributed by atoms with Crippen LogP contribution in [0.3, 0.4) is 0 Å². The minimum Gasteiger partial charge on any atom is -0.477 e. The van der Waals surface area contributed by atoms with Gasteiger partial charge in [-0.1, -0.05) is 12.1 Å². The lowest BCUT2D eigenvalue weighted by atomic mass is 10.2. The van der Waals surface area contributed by atoms with Gasteiger partial charge in [0.25, 0.3) is 0 Å². The fourth-order valence-electron chi connectivity index (χ4n) is 1.49. The van der Waals surface area contributed by atoms with Crippen LogP contribution in [0.5, 0.6) is 0 Å². The molecule has 6 heteroatoms. The molecule has 0 spiro atoms. The molecule has 0 saturated heterocycles. The third kappa shape index (κ3) is 2.74. The number of aromatic carboxylic acids is 1. The molecule has 19 heavy (non-hydrogen) atoms. The smallest absolute Gasteiger partial charge is 0.356 e. The van der Waals surface area contributed by atoms with Crippen LogP contribution in [0.25, 0.3) is 11.4 Å². The summed E-state index contributed by atoms with van der Waals surface area (Å²) in [4.78, 5) is 30.3. The van der Waals surface area contributed by atoms with Gasteiger partial charge in [0.2, 0.25) is 0 Å². The second kappa shape index (κ2) is 5.26. The number of hydrogen-bond acceptors (Lipinski definition) is 5. The number of rotatable bonds is 3. The molecule has 6 nitrogen and oxygen atoms in total. The molecule has 2 heterocycles. The van der Waals surface area contributed by atoms with Crippen LogP contribution in [0, 0.1) is 0 Å². The summed E-state index contributed by atoms with van der Waals surface area (Å²) in [5, 5.41) is 8.88. The van der Waals surface area contributed by atoms with Gasteiger partial charge in [0.1, 0.15) is 11.4 Å². The molecule has 0 amide bonds. The Morgan fingerprint density at radius 2 is 1.53 bits per heavy atom. The fraction of sp³-hybridized carbons (Fsp3) is 0.0769. The molecule has 0 unspecified atom stereocenters. The number of carbonyl (C=O) groups excluding carboxylic acids is 1. The van der Waals surface area contributed by atoms with E-state index in [-0.39, 0.29) is 11.4 Å². The van der Waals surface area contributed by atoms with Gasteiger partial charge in [-0.05, 0) is 24.3 Å². The summed E-state index contributed by atoms with van der Waals surface area (Å²) in [5.74, 6) is -1.68. The molecule has 2 rings (SSSR count). The van der Waals surface area contributed by atoms with Crippen molar-refractivity contribution in [3.05, 3.63) is 47.8 Å². The lowest BCUT2D eigenvalue weighted by molar-refractivity contribution is 0.0593. The first kappa shape index (κ1) is 12.7. The minimum absolute atomic E-state index is 0.0808. The summed E-state index contributed by atoms with van der Waals surface area (Å²) in [5.41, 5.74) is 0.849. The molecule has 2 aromatic heterocycles. The highest BCUT2D eigenvalue weighted by Gasteiger charge is 2.11. The van der Waals surface area contributed by atoms with E-state index in [1.54, 1.807) is 24.3 Å². The lowest BCUT2D eigenvalue weighted by Crippen LogP contribution is -2.05. The monoisotopic (exact) mass is 258 g/mol. The number of nitrogens with zero attached hydrogens (tertiary/aromatic N) is 2. The normalized spacial score (nSPS) is 9.95. The quantitative estimate of drug-likeness (QED) is 0.841. The van der Waals surface area contributed by atoms with Gasteiger partial charge >= 0.3 is 11.9 Å². The van der Waals surface area contributed by atoms with Crippen LogP contribution in [0.1, 0.15) is 21.0 Å². The molecular formula is C13H10N2O4. The molecule has 0 saturated carbocycles. The maximum absolute atomic E-state index is 11.4. The Labute approximate surface area is 108 Å². The van der Waals surface area contributed by atoms with Crippen molar-refractivity contribution in [1.29, 1.82) is 0 Å². The first-order chi connectivity index (χ1) is 9.11. The maximum atomic E-state index is 11.4. The zero-order valence-corrected chi connectivity index (χ0v) is 10.0. The molecule has 0 atom stereocenters. The van der Waals surface area contributed by atoms with Gasteiger partial charge in [-0.15, -0.1) is 0 Å². The number of carboxylic acid groups (broad SMARTS) is 1. The Bertz CT molecular complexity index is 640. The average Bonchev–Trinajstić information content (AvgIpc) is 2.46. The number of ether oxygens (including phenoxy) is 1. The second-order valence-corrected chi connectivity index (χ2v) is 3.61.